The summed E-state index contributed by atoms with van der Waals surface area (Å²) in [4.78, 5) is 0. The number of benzene rings is 1. The molecule has 2 heteroatoms. The Morgan fingerprint density at radius 3 is 2.44 bits per heavy atom. The highest BCUT2D eigenvalue weighted by molar-refractivity contribution is 5.17. The van der Waals surface area contributed by atoms with Crippen molar-refractivity contribution in [1.29, 1.82) is 0 Å². The lowest BCUT2D eigenvalue weighted by molar-refractivity contribution is 0.371. The molecule has 3 rings (SSSR count). The van der Waals surface area contributed by atoms with Crippen molar-refractivity contribution in [2.24, 2.45) is 11.8 Å². The van der Waals surface area contributed by atoms with Gasteiger partial charge in [-0.1, -0.05) is 12.1 Å². The van der Waals surface area contributed by atoms with Crippen molar-refractivity contribution in [3.05, 3.63) is 35.6 Å². The van der Waals surface area contributed by atoms with E-state index in [0.717, 1.165) is 29.9 Å². The minimum Gasteiger partial charge on any atom is -0.311 e. The molecule has 1 atom stereocenters. The Hall–Kier alpha value is -0.890. The first-order valence-electron chi connectivity index (χ1n) is 7.23. The monoisotopic (exact) mass is 247 g/mol. The highest BCUT2D eigenvalue weighted by Gasteiger charge is 2.41. The van der Waals surface area contributed by atoms with Gasteiger partial charge in [0, 0.05) is 12.1 Å². The van der Waals surface area contributed by atoms with E-state index in [2.05, 4.69) is 12.2 Å². The van der Waals surface area contributed by atoms with Gasteiger partial charge in [-0.15, -0.1) is 0 Å². The SMILES string of the molecule is CC(Cc1cccc(F)c1)NC(C1CC1)C1CC1. The van der Waals surface area contributed by atoms with Crippen molar-refractivity contribution >= 4 is 0 Å². The van der Waals surface area contributed by atoms with Gasteiger partial charge in [-0.05, 0) is 68.6 Å². The van der Waals surface area contributed by atoms with Crippen LogP contribution in [0.3, 0.4) is 0 Å². The van der Waals surface area contributed by atoms with E-state index in [-0.39, 0.29) is 5.82 Å². The van der Waals surface area contributed by atoms with Crippen LogP contribution in [0.5, 0.6) is 0 Å². The Kier molecular flexibility index (Phi) is 3.38. The molecule has 0 radical (unpaired) electrons. The van der Waals surface area contributed by atoms with E-state index in [0.29, 0.717) is 6.04 Å². The zero-order valence-electron chi connectivity index (χ0n) is 11.0. The molecule has 1 N–H and O–H groups in total. The predicted molar refractivity (Wildman–Crippen MR) is 71.9 cm³/mol. The van der Waals surface area contributed by atoms with Crippen LogP contribution in [-0.2, 0) is 6.42 Å². The van der Waals surface area contributed by atoms with Gasteiger partial charge < -0.3 is 5.32 Å². The van der Waals surface area contributed by atoms with E-state index in [1.54, 1.807) is 12.1 Å². The summed E-state index contributed by atoms with van der Waals surface area (Å²) in [7, 11) is 0. The summed E-state index contributed by atoms with van der Waals surface area (Å²) in [6.45, 7) is 2.22. The van der Waals surface area contributed by atoms with Crippen LogP contribution in [0.1, 0.15) is 38.2 Å². The van der Waals surface area contributed by atoms with E-state index in [4.69, 9.17) is 0 Å². The number of hydrogen-bond acceptors (Lipinski definition) is 1. The van der Waals surface area contributed by atoms with E-state index < -0.39 is 0 Å². The molecule has 0 aliphatic heterocycles. The van der Waals surface area contributed by atoms with Gasteiger partial charge >= 0.3 is 0 Å². The molecule has 1 aromatic carbocycles. The van der Waals surface area contributed by atoms with Crippen molar-refractivity contribution in [1.82, 2.24) is 5.32 Å². The molecular formula is C16H22FN. The molecule has 98 valence electrons. The van der Waals surface area contributed by atoms with Crippen LogP contribution in [-0.4, -0.2) is 12.1 Å². The largest absolute Gasteiger partial charge is 0.311 e. The van der Waals surface area contributed by atoms with Crippen LogP contribution in [0.15, 0.2) is 24.3 Å². The molecular weight excluding hydrogens is 225 g/mol. The highest BCUT2D eigenvalue weighted by atomic mass is 19.1. The van der Waals surface area contributed by atoms with Crippen LogP contribution < -0.4 is 5.32 Å². The summed E-state index contributed by atoms with van der Waals surface area (Å²) in [5, 5.41) is 3.79. The number of rotatable bonds is 6. The first-order valence-corrected chi connectivity index (χ1v) is 7.23. The third-order valence-corrected chi connectivity index (χ3v) is 4.17. The molecule has 0 aromatic heterocycles. The van der Waals surface area contributed by atoms with Gasteiger partial charge in [-0.3, -0.25) is 0 Å². The Morgan fingerprint density at radius 2 is 1.89 bits per heavy atom. The first-order chi connectivity index (χ1) is 8.72. The van der Waals surface area contributed by atoms with Crippen molar-refractivity contribution < 1.29 is 4.39 Å². The maximum atomic E-state index is 13.1. The summed E-state index contributed by atoms with van der Waals surface area (Å²) in [5.74, 6) is 1.72. The lowest BCUT2D eigenvalue weighted by Crippen LogP contribution is -2.40. The third kappa shape index (κ3) is 3.11. The predicted octanol–water partition coefficient (Wildman–Crippen LogP) is 3.53. The molecule has 1 unspecified atom stereocenters. The topological polar surface area (TPSA) is 12.0 Å². The molecule has 0 saturated heterocycles. The number of nitrogens with one attached hydrogen (secondary N) is 1. The zero-order valence-corrected chi connectivity index (χ0v) is 11.0. The fraction of sp³-hybridized carbons (Fsp3) is 0.625. The van der Waals surface area contributed by atoms with Gasteiger partial charge in [0.1, 0.15) is 5.82 Å². The second kappa shape index (κ2) is 5.00. The van der Waals surface area contributed by atoms with Gasteiger partial charge in [0.25, 0.3) is 0 Å². The molecule has 18 heavy (non-hydrogen) atoms. The van der Waals surface area contributed by atoms with Gasteiger partial charge in [0.15, 0.2) is 0 Å². The van der Waals surface area contributed by atoms with Crippen molar-refractivity contribution in [2.45, 2.75) is 51.1 Å². The average Bonchev–Trinajstić information content (AvgIpc) is 3.18. The fourth-order valence-corrected chi connectivity index (χ4v) is 2.97. The third-order valence-electron chi connectivity index (χ3n) is 4.17. The summed E-state index contributed by atoms with van der Waals surface area (Å²) in [5.41, 5.74) is 1.10. The minimum atomic E-state index is -0.124. The Balaban J connectivity index is 1.55. The normalized spacial score (nSPS) is 21.3. The Morgan fingerprint density at radius 1 is 1.22 bits per heavy atom. The Labute approximate surface area is 109 Å². The molecule has 1 nitrogen and oxygen atoms in total. The molecule has 2 aliphatic carbocycles. The van der Waals surface area contributed by atoms with E-state index in [1.165, 1.54) is 31.7 Å². The lowest BCUT2D eigenvalue weighted by Gasteiger charge is -2.23. The summed E-state index contributed by atoms with van der Waals surface area (Å²) in [6, 6.07) is 8.16. The average molecular weight is 247 g/mol. The first kappa shape index (κ1) is 12.2. The van der Waals surface area contributed by atoms with Gasteiger partial charge in [0.2, 0.25) is 0 Å². The molecule has 1 aromatic rings. The summed E-state index contributed by atoms with van der Waals surface area (Å²) in [6.07, 6.45) is 6.54. The molecule has 2 aliphatic rings. The summed E-state index contributed by atoms with van der Waals surface area (Å²) >= 11 is 0. The van der Waals surface area contributed by atoms with Crippen LogP contribution in [0.25, 0.3) is 0 Å². The summed E-state index contributed by atoms with van der Waals surface area (Å²) < 4.78 is 13.1. The second-order valence-corrected chi connectivity index (χ2v) is 6.10. The quantitative estimate of drug-likeness (QED) is 0.811. The van der Waals surface area contributed by atoms with Crippen molar-refractivity contribution in [3.63, 3.8) is 0 Å². The smallest absolute Gasteiger partial charge is 0.123 e. The maximum Gasteiger partial charge on any atom is 0.123 e. The van der Waals surface area contributed by atoms with Crippen LogP contribution in [0, 0.1) is 17.7 Å². The van der Waals surface area contributed by atoms with Crippen LogP contribution in [0.4, 0.5) is 4.39 Å². The number of hydrogen-bond donors (Lipinski definition) is 1. The van der Waals surface area contributed by atoms with E-state index in [1.807, 2.05) is 6.07 Å². The minimum absolute atomic E-state index is 0.124. The lowest BCUT2D eigenvalue weighted by atomic mass is 10.0. The van der Waals surface area contributed by atoms with Crippen LogP contribution in [0.2, 0.25) is 0 Å². The molecule has 0 heterocycles. The van der Waals surface area contributed by atoms with E-state index >= 15 is 0 Å². The fourth-order valence-electron chi connectivity index (χ4n) is 2.97. The molecule has 0 spiro atoms. The molecule has 0 bridgehead atoms. The Bertz CT molecular complexity index is 397. The van der Waals surface area contributed by atoms with Gasteiger partial charge in [-0.2, -0.15) is 0 Å². The van der Waals surface area contributed by atoms with Gasteiger partial charge in [-0.25, -0.2) is 4.39 Å². The zero-order chi connectivity index (χ0) is 12.5. The molecule has 2 saturated carbocycles. The van der Waals surface area contributed by atoms with E-state index in [9.17, 15) is 4.39 Å². The molecule has 0 amide bonds. The standard InChI is InChI=1S/C16H22FN/c1-11(9-12-3-2-4-15(17)10-12)18-16(13-5-6-13)14-7-8-14/h2-4,10-11,13-14,16,18H,5-9H2,1H3. The maximum absolute atomic E-state index is 13.1. The molecule has 2 fully saturated rings. The van der Waals surface area contributed by atoms with Crippen LogP contribution >= 0.6 is 0 Å². The van der Waals surface area contributed by atoms with Crippen molar-refractivity contribution in [3.8, 4) is 0 Å². The van der Waals surface area contributed by atoms with Gasteiger partial charge in [0.05, 0.1) is 0 Å². The highest BCUT2D eigenvalue weighted by Crippen LogP contribution is 2.44. The van der Waals surface area contributed by atoms with Crippen molar-refractivity contribution in [2.75, 3.05) is 0 Å². The number of halogens is 1. The second-order valence-electron chi connectivity index (χ2n) is 6.10.